The van der Waals surface area contributed by atoms with Crippen molar-refractivity contribution in [2.75, 3.05) is 22.6 Å². The molecule has 3 aromatic rings. The number of nitrogens with zero attached hydrogens (tertiary/aromatic N) is 1. The number of methoxy groups -OCH3 is 1. The number of carboxylic acid groups (broad SMARTS) is 1. The van der Waals surface area contributed by atoms with Gasteiger partial charge in [-0.25, -0.2) is 9.69 Å². The fourth-order valence-electron chi connectivity index (χ4n) is 3.54. The van der Waals surface area contributed by atoms with E-state index in [9.17, 15) is 24.3 Å². The molecule has 0 unspecified atom stereocenters. The third-order valence-corrected chi connectivity index (χ3v) is 6.42. The largest absolute Gasteiger partial charge is 0.496 e. The lowest BCUT2D eigenvalue weighted by Crippen LogP contribution is -2.32. The number of imide groups is 1. The first-order chi connectivity index (χ1) is 18.0. The van der Waals surface area contributed by atoms with E-state index in [2.05, 4.69) is 10.6 Å². The van der Waals surface area contributed by atoms with Crippen LogP contribution in [-0.2, 0) is 9.59 Å². The van der Waals surface area contributed by atoms with E-state index in [0.717, 1.165) is 4.90 Å². The second kappa shape index (κ2) is 10.9. The summed E-state index contributed by atoms with van der Waals surface area (Å²) in [7, 11) is 1.29. The number of carbonyl (C=O) groups excluding carboxylic acids is 3. The van der Waals surface area contributed by atoms with Crippen molar-refractivity contribution in [1.29, 1.82) is 0 Å². The average molecular weight is 595 g/mol. The molecule has 4 rings (SSSR count). The molecule has 0 atom stereocenters. The summed E-state index contributed by atoms with van der Waals surface area (Å²) in [5.74, 6) is -3.23. The SMILES string of the molecule is COc1cc(NC(=O)c2ccc(NC3=C(Cl)C(=O)N(c4cc(Cl)cc(Cl)c4)C3=O)cc2)c(Cl)cc1C(=O)O. The third kappa shape index (κ3) is 5.41. The number of rotatable bonds is 7. The van der Waals surface area contributed by atoms with Crippen LogP contribution in [0.5, 0.6) is 5.75 Å². The van der Waals surface area contributed by atoms with Gasteiger partial charge in [0.1, 0.15) is 22.0 Å². The van der Waals surface area contributed by atoms with Gasteiger partial charge in [-0.3, -0.25) is 14.4 Å². The van der Waals surface area contributed by atoms with E-state index in [1.807, 2.05) is 0 Å². The van der Waals surface area contributed by atoms with Gasteiger partial charge in [0.05, 0.1) is 23.5 Å². The first-order valence-electron chi connectivity index (χ1n) is 10.5. The number of anilines is 3. The van der Waals surface area contributed by atoms with Gasteiger partial charge >= 0.3 is 5.97 Å². The Morgan fingerprint density at radius 1 is 0.895 bits per heavy atom. The minimum atomic E-state index is -1.23. The maximum absolute atomic E-state index is 13.0. The number of nitrogens with one attached hydrogen (secondary N) is 2. The molecule has 0 spiro atoms. The lowest BCUT2D eigenvalue weighted by molar-refractivity contribution is -0.120. The van der Waals surface area contributed by atoms with Gasteiger partial charge in [0, 0.05) is 27.4 Å². The minimum Gasteiger partial charge on any atom is -0.496 e. The summed E-state index contributed by atoms with van der Waals surface area (Å²) in [6.45, 7) is 0. The highest BCUT2D eigenvalue weighted by Crippen LogP contribution is 2.34. The van der Waals surface area contributed by atoms with Gasteiger partial charge in [0.2, 0.25) is 0 Å². The molecular formula is C25H15Cl4N3O6. The molecule has 3 amide bonds. The second-order valence-electron chi connectivity index (χ2n) is 7.76. The molecule has 3 N–H and O–H groups in total. The molecule has 1 aliphatic heterocycles. The highest BCUT2D eigenvalue weighted by atomic mass is 35.5. The Bertz CT molecular complexity index is 1520. The molecule has 0 aliphatic carbocycles. The van der Waals surface area contributed by atoms with Gasteiger partial charge < -0.3 is 20.5 Å². The number of carbonyl (C=O) groups is 4. The zero-order valence-electron chi connectivity index (χ0n) is 19.1. The number of ether oxygens (including phenoxy) is 1. The van der Waals surface area contributed by atoms with Crippen molar-refractivity contribution in [3.05, 3.63) is 91.5 Å². The van der Waals surface area contributed by atoms with Crippen molar-refractivity contribution in [2.24, 2.45) is 0 Å². The standard InChI is InChI=1S/C25H15Cl4N3O6/c1-38-19-10-18(17(28)9-16(19)25(36)37)31-22(33)11-2-4-14(5-3-11)30-21-20(29)23(34)32(24(21)35)15-7-12(26)6-13(27)8-15/h2-10,30H,1H3,(H,31,33)(H,36,37). The Balaban J connectivity index is 1.50. The molecule has 3 aromatic carbocycles. The van der Waals surface area contributed by atoms with E-state index in [1.54, 1.807) is 0 Å². The van der Waals surface area contributed by atoms with E-state index < -0.39 is 23.7 Å². The van der Waals surface area contributed by atoms with Crippen LogP contribution in [0.2, 0.25) is 15.1 Å². The summed E-state index contributed by atoms with van der Waals surface area (Å²) in [5.41, 5.74) is 0.572. The highest BCUT2D eigenvalue weighted by molar-refractivity contribution is 6.53. The average Bonchev–Trinajstić information content (AvgIpc) is 3.07. The normalized spacial score (nSPS) is 13.1. The second-order valence-corrected chi connectivity index (χ2v) is 9.41. The fourth-order valence-corrected chi connectivity index (χ4v) is 4.48. The van der Waals surface area contributed by atoms with Gasteiger partial charge in [-0.2, -0.15) is 0 Å². The Hall–Kier alpha value is -3.76. The molecule has 1 heterocycles. The van der Waals surface area contributed by atoms with Crippen LogP contribution in [0.3, 0.4) is 0 Å². The molecule has 0 bridgehead atoms. The van der Waals surface area contributed by atoms with Crippen LogP contribution in [0.1, 0.15) is 20.7 Å². The predicted octanol–water partition coefficient (Wildman–Crippen LogP) is 6.04. The van der Waals surface area contributed by atoms with E-state index in [0.29, 0.717) is 5.69 Å². The van der Waals surface area contributed by atoms with E-state index in [1.165, 1.54) is 61.7 Å². The number of amides is 3. The third-order valence-electron chi connectivity index (χ3n) is 5.32. The Morgan fingerprint density at radius 3 is 2.11 bits per heavy atom. The van der Waals surface area contributed by atoms with Crippen LogP contribution in [0.25, 0.3) is 0 Å². The van der Waals surface area contributed by atoms with Crippen LogP contribution >= 0.6 is 46.4 Å². The number of benzene rings is 3. The summed E-state index contributed by atoms with van der Waals surface area (Å²) in [6.07, 6.45) is 0. The summed E-state index contributed by atoms with van der Waals surface area (Å²) in [4.78, 5) is 50.6. The molecule has 9 nitrogen and oxygen atoms in total. The van der Waals surface area contributed by atoms with Crippen molar-refractivity contribution < 1.29 is 29.0 Å². The Labute approximate surface area is 235 Å². The number of aromatic carboxylic acids is 1. The zero-order chi connectivity index (χ0) is 27.7. The number of hydrogen-bond acceptors (Lipinski definition) is 6. The van der Waals surface area contributed by atoms with Crippen LogP contribution in [0.4, 0.5) is 17.1 Å². The molecule has 38 heavy (non-hydrogen) atoms. The van der Waals surface area contributed by atoms with Crippen molar-refractivity contribution in [3.63, 3.8) is 0 Å². The smallest absolute Gasteiger partial charge is 0.339 e. The molecule has 0 saturated heterocycles. The summed E-state index contributed by atoms with van der Waals surface area (Å²) >= 11 is 24.3. The molecule has 0 aromatic heterocycles. The molecule has 0 radical (unpaired) electrons. The predicted molar refractivity (Wildman–Crippen MR) is 145 cm³/mol. The van der Waals surface area contributed by atoms with E-state index in [-0.39, 0.29) is 54.0 Å². The fraction of sp³-hybridized carbons (Fsp3) is 0.0400. The Morgan fingerprint density at radius 2 is 1.53 bits per heavy atom. The maximum atomic E-state index is 13.0. The lowest BCUT2D eigenvalue weighted by Gasteiger charge is -2.16. The zero-order valence-corrected chi connectivity index (χ0v) is 22.2. The van der Waals surface area contributed by atoms with Crippen molar-refractivity contribution in [3.8, 4) is 5.75 Å². The van der Waals surface area contributed by atoms with Crippen molar-refractivity contribution in [2.45, 2.75) is 0 Å². The van der Waals surface area contributed by atoms with E-state index >= 15 is 0 Å². The van der Waals surface area contributed by atoms with Gasteiger partial charge in [-0.15, -0.1) is 0 Å². The van der Waals surface area contributed by atoms with Gasteiger partial charge in [-0.05, 0) is 48.5 Å². The quantitative estimate of drug-likeness (QED) is 0.285. The molecule has 13 heteroatoms. The first kappa shape index (κ1) is 27.3. The van der Waals surface area contributed by atoms with E-state index in [4.69, 9.17) is 51.1 Å². The van der Waals surface area contributed by atoms with Crippen molar-refractivity contribution >= 4 is 87.2 Å². The first-order valence-corrected chi connectivity index (χ1v) is 12.0. The maximum Gasteiger partial charge on any atom is 0.339 e. The van der Waals surface area contributed by atoms with Crippen molar-refractivity contribution in [1.82, 2.24) is 0 Å². The van der Waals surface area contributed by atoms with Crippen LogP contribution in [0, 0.1) is 0 Å². The topological polar surface area (TPSA) is 125 Å². The number of halogens is 4. The number of carboxylic acids is 1. The Kier molecular flexibility index (Phi) is 7.84. The van der Waals surface area contributed by atoms with Gasteiger partial charge in [0.15, 0.2) is 0 Å². The molecular weight excluding hydrogens is 580 g/mol. The monoisotopic (exact) mass is 593 g/mol. The number of hydrogen-bond donors (Lipinski definition) is 3. The van der Waals surface area contributed by atoms with Gasteiger partial charge in [-0.1, -0.05) is 46.4 Å². The summed E-state index contributed by atoms with van der Waals surface area (Å²) in [6, 6.07) is 12.6. The lowest BCUT2D eigenvalue weighted by atomic mass is 10.1. The van der Waals surface area contributed by atoms with Crippen LogP contribution in [0.15, 0.2) is 65.3 Å². The summed E-state index contributed by atoms with van der Waals surface area (Å²) in [5, 5.41) is 14.8. The molecule has 1 aliphatic rings. The van der Waals surface area contributed by atoms with Crippen LogP contribution in [-0.4, -0.2) is 35.9 Å². The summed E-state index contributed by atoms with van der Waals surface area (Å²) < 4.78 is 5.06. The van der Waals surface area contributed by atoms with Gasteiger partial charge in [0.25, 0.3) is 17.7 Å². The van der Waals surface area contributed by atoms with Crippen LogP contribution < -0.4 is 20.3 Å². The highest BCUT2D eigenvalue weighted by Gasteiger charge is 2.39. The molecule has 194 valence electrons. The molecule has 0 saturated carbocycles. The molecule has 0 fully saturated rings. The minimum absolute atomic E-state index is 0.00590.